The van der Waals surface area contributed by atoms with E-state index in [0.717, 1.165) is 0 Å². The van der Waals surface area contributed by atoms with Crippen LogP contribution in [0.4, 0.5) is 0 Å². The molecule has 56 heavy (non-hydrogen) atoms. The molecular formula is C40H52N2O12S2. The molecule has 0 saturated carbocycles. The van der Waals surface area contributed by atoms with Gasteiger partial charge in [-0.15, -0.1) is 0 Å². The molecular weight excluding hydrogens is 765 g/mol. The van der Waals surface area contributed by atoms with E-state index < -0.39 is 72.5 Å². The Morgan fingerprint density at radius 3 is 1.29 bits per heavy atom. The first-order chi connectivity index (χ1) is 26.4. The monoisotopic (exact) mass is 816 g/mol. The fourth-order valence-corrected chi connectivity index (χ4v) is 8.43. The zero-order valence-corrected chi connectivity index (χ0v) is 34.3. The van der Waals surface area contributed by atoms with Crippen molar-refractivity contribution in [2.45, 2.75) is 104 Å². The summed E-state index contributed by atoms with van der Waals surface area (Å²) in [5.74, 6) is -2.47. The molecule has 0 spiro atoms. The Hall–Kier alpha value is -4.44. The van der Waals surface area contributed by atoms with Crippen molar-refractivity contribution in [3.05, 3.63) is 59.7 Å². The molecule has 0 bridgehead atoms. The van der Waals surface area contributed by atoms with Gasteiger partial charge in [0.2, 0.25) is 25.4 Å². The highest BCUT2D eigenvalue weighted by atomic mass is 33.1. The highest BCUT2D eigenvalue weighted by molar-refractivity contribution is 8.76. The molecule has 2 fully saturated rings. The molecule has 0 aromatic heterocycles. The first-order valence-corrected chi connectivity index (χ1v) is 21.0. The maximum absolute atomic E-state index is 13.7. The van der Waals surface area contributed by atoms with Gasteiger partial charge < -0.3 is 39.0 Å². The van der Waals surface area contributed by atoms with E-state index in [9.17, 15) is 39.0 Å². The summed E-state index contributed by atoms with van der Waals surface area (Å²) in [6.07, 6.45) is 1.49. The van der Waals surface area contributed by atoms with Gasteiger partial charge in [0.1, 0.15) is 23.6 Å². The molecule has 0 aliphatic carbocycles. The highest BCUT2D eigenvalue weighted by Crippen LogP contribution is 2.42. The van der Waals surface area contributed by atoms with E-state index in [0.29, 0.717) is 35.5 Å². The minimum atomic E-state index is -0.946. The van der Waals surface area contributed by atoms with E-state index in [2.05, 4.69) is 0 Å². The van der Waals surface area contributed by atoms with Crippen molar-refractivity contribution in [1.29, 1.82) is 0 Å². The van der Waals surface area contributed by atoms with Crippen molar-refractivity contribution < 1.29 is 57.9 Å². The molecule has 4 atom stereocenters. The van der Waals surface area contributed by atoms with Gasteiger partial charge in [0, 0.05) is 35.5 Å². The number of phenolic OH excluding ortho intramolecular Hbond substituents is 2. The third-order valence-electron chi connectivity index (χ3n) is 9.37. The fraction of sp³-hybridized carbons (Fsp3) is 0.550. The number of aromatic hydroxyl groups is 2. The molecule has 2 N–H and O–H groups in total. The number of amides is 2. The average Bonchev–Trinajstić information content (AvgIpc) is 3.78. The maximum Gasteiger partial charge on any atom is 0.331 e. The molecule has 16 heteroatoms. The van der Waals surface area contributed by atoms with Crippen LogP contribution in [0.3, 0.4) is 0 Å². The molecule has 14 nitrogen and oxygen atoms in total. The third kappa shape index (κ3) is 11.6. The summed E-state index contributed by atoms with van der Waals surface area (Å²) in [7, 11) is 2.74. The number of ether oxygens (including phenoxy) is 4. The van der Waals surface area contributed by atoms with Gasteiger partial charge in [-0.25, -0.2) is 9.59 Å². The Labute approximate surface area is 335 Å². The van der Waals surface area contributed by atoms with Crippen LogP contribution >= 0.6 is 21.6 Å². The van der Waals surface area contributed by atoms with E-state index in [1.165, 1.54) is 43.5 Å². The highest BCUT2D eigenvalue weighted by Gasteiger charge is 2.44. The quantitative estimate of drug-likeness (QED) is 0.0895. The second kappa shape index (κ2) is 19.6. The number of phenols is 2. The lowest BCUT2D eigenvalue weighted by molar-refractivity contribution is -0.178. The average molecular weight is 817 g/mol. The van der Waals surface area contributed by atoms with Crippen molar-refractivity contribution >= 4 is 57.3 Å². The van der Waals surface area contributed by atoms with Crippen LogP contribution in [0.15, 0.2) is 48.5 Å². The molecule has 2 heterocycles. The van der Waals surface area contributed by atoms with Crippen LogP contribution in [0, 0.1) is 10.8 Å². The Bertz CT molecular complexity index is 1610. The molecule has 2 aromatic rings. The lowest BCUT2D eigenvalue weighted by Crippen LogP contribution is -2.43. The van der Waals surface area contributed by atoms with Gasteiger partial charge in [0.15, 0.2) is 0 Å². The first-order valence-electron chi connectivity index (χ1n) is 18.5. The zero-order chi connectivity index (χ0) is 41.2. The number of esters is 4. The number of likely N-dealkylation sites (tertiary alicyclic amines) is 2. The van der Waals surface area contributed by atoms with Crippen molar-refractivity contribution in [3.63, 3.8) is 0 Å². The topological polar surface area (TPSA) is 186 Å². The van der Waals surface area contributed by atoms with Crippen LogP contribution in [0.2, 0.25) is 0 Å². The van der Waals surface area contributed by atoms with Gasteiger partial charge >= 0.3 is 23.9 Å². The van der Waals surface area contributed by atoms with E-state index in [4.69, 9.17) is 18.9 Å². The van der Waals surface area contributed by atoms with Gasteiger partial charge in [-0.3, -0.25) is 19.2 Å². The lowest BCUT2D eigenvalue weighted by Gasteiger charge is -2.30. The smallest absolute Gasteiger partial charge is 0.331 e. The lowest BCUT2D eigenvalue weighted by atomic mass is 9.97. The Morgan fingerprint density at radius 1 is 0.589 bits per heavy atom. The third-order valence-corrected chi connectivity index (χ3v) is 11.8. The summed E-state index contributed by atoms with van der Waals surface area (Å²) in [6.45, 7) is 8.88. The SMILES string of the molecule is CC(C)(C)C(=O)OCOC(=O)C1CCC(c2ccccc2O)N1C(=O)CCSSCCC(=O)N1C(C(=O)OCOC(=O)C(C)(C)C)CCC1c1ccccc1O. The Morgan fingerprint density at radius 2 is 0.946 bits per heavy atom. The van der Waals surface area contributed by atoms with Gasteiger partial charge in [0.05, 0.1) is 22.9 Å². The summed E-state index contributed by atoms with van der Waals surface area (Å²) in [5, 5.41) is 21.2. The number of carbonyl (C=O) groups is 6. The molecule has 2 aromatic carbocycles. The summed E-state index contributed by atoms with van der Waals surface area (Å²) in [4.78, 5) is 81.0. The summed E-state index contributed by atoms with van der Waals surface area (Å²) in [6, 6.07) is 10.2. The van der Waals surface area contributed by atoms with Crippen LogP contribution in [0.25, 0.3) is 0 Å². The number of rotatable bonds is 15. The van der Waals surface area contributed by atoms with Crippen LogP contribution in [-0.4, -0.2) is 92.9 Å². The molecule has 2 aliphatic rings. The second-order valence-corrected chi connectivity index (χ2v) is 18.3. The summed E-state index contributed by atoms with van der Waals surface area (Å²) in [5.41, 5.74) is -0.559. The largest absolute Gasteiger partial charge is 0.508 e. The van der Waals surface area contributed by atoms with E-state index in [-0.39, 0.29) is 49.0 Å². The molecule has 0 radical (unpaired) electrons. The van der Waals surface area contributed by atoms with Crippen LogP contribution in [-0.2, 0) is 47.7 Å². The van der Waals surface area contributed by atoms with Crippen molar-refractivity contribution in [2.75, 3.05) is 25.1 Å². The number of carbonyl (C=O) groups excluding carboxylic acids is 6. The predicted octanol–water partition coefficient (Wildman–Crippen LogP) is 6.20. The molecule has 2 aliphatic heterocycles. The van der Waals surface area contributed by atoms with E-state index >= 15 is 0 Å². The Kier molecular flexibility index (Phi) is 15.5. The van der Waals surface area contributed by atoms with Crippen LogP contribution in [0.1, 0.15) is 103 Å². The summed E-state index contributed by atoms with van der Waals surface area (Å²) >= 11 is 0. The number of hydrogen-bond acceptors (Lipinski definition) is 14. The predicted molar refractivity (Wildman–Crippen MR) is 209 cm³/mol. The first kappa shape index (κ1) is 44.3. The summed E-state index contributed by atoms with van der Waals surface area (Å²) < 4.78 is 20.7. The van der Waals surface area contributed by atoms with Crippen LogP contribution < -0.4 is 0 Å². The number of hydrogen-bond donors (Lipinski definition) is 2. The van der Waals surface area contributed by atoms with Crippen LogP contribution in [0.5, 0.6) is 11.5 Å². The second-order valence-electron chi connectivity index (χ2n) is 15.6. The van der Waals surface area contributed by atoms with Crippen molar-refractivity contribution in [2.24, 2.45) is 10.8 Å². The molecule has 2 saturated heterocycles. The zero-order valence-electron chi connectivity index (χ0n) is 32.7. The fourth-order valence-electron chi connectivity index (χ4n) is 6.47. The molecule has 306 valence electrons. The molecule has 2 amide bonds. The van der Waals surface area contributed by atoms with Gasteiger partial charge in [-0.05, 0) is 79.4 Å². The van der Waals surface area contributed by atoms with E-state index in [1.54, 1.807) is 77.9 Å². The number of benzene rings is 2. The Balaban J connectivity index is 1.34. The number of para-hydroxylation sites is 2. The van der Waals surface area contributed by atoms with Crippen molar-refractivity contribution in [3.8, 4) is 11.5 Å². The minimum Gasteiger partial charge on any atom is -0.508 e. The van der Waals surface area contributed by atoms with Gasteiger partial charge in [-0.2, -0.15) is 0 Å². The maximum atomic E-state index is 13.7. The normalized spacial score (nSPS) is 19.7. The molecule has 4 unspecified atom stereocenters. The van der Waals surface area contributed by atoms with Gasteiger partial charge in [-0.1, -0.05) is 58.0 Å². The van der Waals surface area contributed by atoms with Crippen molar-refractivity contribution in [1.82, 2.24) is 9.80 Å². The van der Waals surface area contributed by atoms with E-state index in [1.807, 2.05) is 0 Å². The standard InChI is InChI=1S/C40H52N2O12S2/c1-39(2,3)37(49)53-23-51-35(47)29-17-15-27(25-11-7-9-13-31(25)43)41(29)33(45)19-21-55-56-22-20-34(46)42-28(26-12-8-10-14-32(26)44)16-18-30(42)36(48)52-24-54-38(50)40(4,5)6/h7-14,27-30,43-44H,15-24H2,1-6H3. The molecule has 4 rings (SSSR count). The number of nitrogens with zero attached hydrogens (tertiary/aromatic N) is 2. The minimum absolute atomic E-state index is 0.000197. The van der Waals surface area contributed by atoms with Gasteiger partial charge in [0.25, 0.3) is 0 Å².